The van der Waals surface area contributed by atoms with Crippen LogP contribution in [0.15, 0.2) is 18.3 Å². The third kappa shape index (κ3) is 3.27. The molecule has 0 fully saturated rings. The van der Waals surface area contributed by atoms with Gasteiger partial charge in [0.2, 0.25) is 5.95 Å². The molecule has 1 heterocycles. The topological polar surface area (TPSA) is 65.4 Å². The number of aliphatic hydroxyl groups excluding tert-OH is 1. The van der Waals surface area contributed by atoms with Crippen molar-refractivity contribution in [1.82, 2.24) is 4.98 Å². The van der Waals surface area contributed by atoms with Crippen LogP contribution in [-0.2, 0) is 0 Å². The SMILES string of the molecule is CC(O)(CO)CNc1ccnc(F)c1. The molecule has 0 saturated carbocycles. The summed E-state index contributed by atoms with van der Waals surface area (Å²) in [5.74, 6) is -0.585. The van der Waals surface area contributed by atoms with Crippen molar-refractivity contribution >= 4 is 5.69 Å². The summed E-state index contributed by atoms with van der Waals surface area (Å²) in [5, 5.41) is 21.0. The molecule has 1 rings (SSSR count). The van der Waals surface area contributed by atoms with Crippen LogP contribution < -0.4 is 5.32 Å². The van der Waals surface area contributed by atoms with E-state index in [0.29, 0.717) is 5.69 Å². The first kappa shape index (κ1) is 10.9. The van der Waals surface area contributed by atoms with E-state index >= 15 is 0 Å². The number of rotatable bonds is 4. The zero-order valence-electron chi connectivity index (χ0n) is 7.87. The van der Waals surface area contributed by atoms with Gasteiger partial charge in [-0.25, -0.2) is 4.98 Å². The van der Waals surface area contributed by atoms with Gasteiger partial charge in [-0.1, -0.05) is 0 Å². The van der Waals surface area contributed by atoms with Crippen molar-refractivity contribution in [2.24, 2.45) is 0 Å². The van der Waals surface area contributed by atoms with Gasteiger partial charge in [-0.3, -0.25) is 0 Å². The minimum Gasteiger partial charge on any atom is -0.393 e. The number of nitrogens with zero attached hydrogens (tertiary/aromatic N) is 1. The van der Waals surface area contributed by atoms with Gasteiger partial charge in [0.1, 0.15) is 5.60 Å². The number of halogens is 1. The van der Waals surface area contributed by atoms with Gasteiger partial charge in [0.15, 0.2) is 0 Å². The molecule has 4 nitrogen and oxygen atoms in total. The molecule has 0 saturated heterocycles. The largest absolute Gasteiger partial charge is 0.393 e. The van der Waals surface area contributed by atoms with Crippen LogP contribution in [-0.4, -0.2) is 33.9 Å². The number of hydrogen-bond acceptors (Lipinski definition) is 4. The standard InChI is InChI=1S/C9H13FN2O2/c1-9(14,6-13)5-12-7-2-3-11-8(10)4-7/h2-4,13-14H,5-6H2,1H3,(H,11,12). The van der Waals surface area contributed by atoms with Gasteiger partial charge in [-0.15, -0.1) is 0 Å². The summed E-state index contributed by atoms with van der Waals surface area (Å²) >= 11 is 0. The minimum absolute atomic E-state index is 0.146. The molecule has 3 N–H and O–H groups in total. The molecule has 0 radical (unpaired) electrons. The quantitative estimate of drug-likeness (QED) is 0.615. The summed E-state index contributed by atoms with van der Waals surface area (Å²) in [6.45, 7) is 1.28. The zero-order chi connectivity index (χ0) is 10.6. The normalized spacial score (nSPS) is 14.9. The number of pyridine rings is 1. The number of hydrogen-bond donors (Lipinski definition) is 3. The first-order valence-corrected chi connectivity index (χ1v) is 4.22. The number of nitrogens with one attached hydrogen (secondary N) is 1. The molecule has 0 bridgehead atoms. The molecule has 0 amide bonds. The van der Waals surface area contributed by atoms with Gasteiger partial charge in [0.25, 0.3) is 0 Å². The predicted octanol–water partition coefficient (Wildman–Crippen LogP) is 0.376. The molecular formula is C9H13FN2O2. The van der Waals surface area contributed by atoms with E-state index in [1.54, 1.807) is 6.07 Å². The lowest BCUT2D eigenvalue weighted by molar-refractivity contribution is 0.0132. The minimum atomic E-state index is -1.21. The van der Waals surface area contributed by atoms with Crippen LogP contribution in [0.4, 0.5) is 10.1 Å². The van der Waals surface area contributed by atoms with Crippen LogP contribution in [0.2, 0.25) is 0 Å². The Morgan fingerprint density at radius 2 is 2.36 bits per heavy atom. The van der Waals surface area contributed by atoms with Gasteiger partial charge in [0.05, 0.1) is 6.61 Å². The summed E-state index contributed by atoms with van der Waals surface area (Å²) < 4.78 is 12.6. The number of aliphatic hydroxyl groups is 2. The monoisotopic (exact) mass is 200 g/mol. The lowest BCUT2D eigenvalue weighted by Crippen LogP contribution is -2.37. The van der Waals surface area contributed by atoms with Crippen LogP contribution >= 0.6 is 0 Å². The average molecular weight is 200 g/mol. The van der Waals surface area contributed by atoms with E-state index in [1.807, 2.05) is 0 Å². The van der Waals surface area contributed by atoms with E-state index in [4.69, 9.17) is 5.11 Å². The van der Waals surface area contributed by atoms with E-state index in [1.165, 1.54) is 19.2 Å². The highest BCUT2D eigenvalue weighted by molar-refractivity contribution is 5.41. The average Bonchev–Trinajstić information content (AvgIpc) is 2.15. The Morgan fingerprint density at radius 1 is 1.64 bits per heavy atom. The van der Waals surface area contributed by atoms with Crippen LogP contribution in [0, 0.1) is 5.95 Å². The van der Waals surface area contributed by atoms with Crippen molar-refractivity contribution in [3.8, 4) is 0 Å². The molecule has 1 aromatic rings. The van der Waals surface area contributed by atoms with Gasteiger partial charge >= 0.3 is 0 Å². The first-order valence-electron chi connectivity index (χ1n) is 4.22. The Bertz CT molecular complexity index is 305. The molecule has 14 heavy (non-hydrogen) atoms. The second-order valence-corrected chi connectivity index (χ2v) is 3.38. The maximum absolute atomic E-state index is 12.6. The fourth-order valence-corrected chi connectivity index (χ4v) is 0.861. The molecule has 0 aliphatic rings. The highest BCUT2D eigenvalue weighted by atomic mass is 19.1. The smallest absolute Gasteiger partial charge is 0.214 e. The molecule has 78 valence electrons. The Labute approximate surface area is 81.4 Å². The summed E-state index contributed by atoms with van der Waals surface area (Å²) in [6.07, 6.45) is 1.32. The van der Waals surface area contributed by atoms with Crippen molar-refractivity contribution in [3.05, 3.63) is 24.3 Å². The van der Waals surface area contributed by atoms with E-state index in [9.17, 15) is 9.50 Å². The molecule has 1 unspecified atom stereocenters. The molecule has 0 spiro atoms. The first-order chi connectivity index (χ1) is 6.53. The second kappa shape index (κ2) is 4.34. The van der Waals surface area contributed by atoms with E-state index in [2.05, 4.69) is 10.3 Å². The van der Waals surface area contributed by atoms with Crippen LogP contribution in [0.1, 0.15) is 6.92 Å². The molecule has 0 aliphatic heterocycles. The fourth-order valence-electron chi connectivity index (χ4n) is 0.861. The van der Waals surface area contributed by atoms with E-state index in [-0.39, 0.29) is 13.2 Å². The molecule has 0 aromatic carbocycles. The van der Waals surface area contributed by atoms with E-state index in [0.717, 1.165) is 0 Å². The molecular weight excluding hydrogens is 187 g/mol. The molecule has 5 heteroatoms. The predicted molar refractivity (Wildman–Crippen MR) is 50.4 cm³/mol. The van der Waals surface area contributed by atoms with Gasteiger partial charge in [-0.05, 0) is 13.0 Å². The van der Waals surface area contributed by atoms with E-state index < -0.39 is 11.5 Å². The van der Waals surface area contributed by atoms with Crippen LogP contribution in [0.25, 0.3) is 0 Å². The third-order valence-corrected chi connectivity index (χ3v) is 1.74. The maximum Gasteiger partial charge on any atom is 0.214 e. The fraction of sp³-hybridized carbons (Fsp3) is 0.444. The van der Waals surface area contributed by atoms with Gasteiger partial charge in [0, 0.05) is 24.5 Å². The highest BCUT2D eigenvalue weighted by Gasteiger charge is 2.18. The lowest BCUT2D eigenvalue weighted by Gasteiger charge is -2.21. The summed E-state index contributed by atoms with van der Waals surface area (Å²) in [4.78, 5) is 3.39. The summed E-state index contributed by atoms with van der Waals surface area (Å²) in [6, 6.07) is 2.80. The number of aromatic nitrogens is 1. The summed E-state index contributed by atoms with van der Waals surface area (Å²) in [5.41, 5.74) is -0.689. The highest BCUT2D eigenvalue weighted by Crippen LogP contribution is 2.09. The Hall–Kier alpha value is -1.20. The second-order valence-electron chi connectivity index (χ2n) is 3.38. The Morgan fingerprint density at radius 3 is 2.93 bits per heavy atom. The van der Waals surface area contributed by atoms with Crippen molar-refractivity contribution in [3.63, 3.8) is 0 Å². The van der Waals surface area contributed by atoms with Gasteiger partial charge in [-0.2, -0.15) is 4.39 Å². The van der Waals surface area contributed by atoms with Gasteiger partial charge < -0.3 is 15.5 Å². The van der Waals surface area contributed by atoms with Crippen molar-refractivity contribution in [2.45, 2.75) is 12.5 Å². The molecule has 1 aromatic heterocycles. The molecule has 0 aliphatic carbocycles. The van der Waals surface area contributed by atoms with Crippen molar-refractivity contribution < 1.29 is 14.6 Å². The maximum atomic E-state index is 12.6. The molecule has 1 atom stereocenters. The Kier molecular flexibility index (Phi) is 3.38. The third-order valence-electron chi connectivity index (χ3n) is 1.74. The summed E-state index contributed by atoms with van der Waals surface area (Å²) in [7, 11) is 0. The van der Waals surface area contributed by atoms with Crippen LogP contribution in [0.3, 0.4) is 0 Å². The number of anilines is 1. The van der Waals surface area contributed by atoms with Crippen molar-refractivity contribution in [1.29, 1.82) is 0 Å². The van der Waals surface area contributed by atoms with Crippen molar-refractivity contribution in [2.75, 3.05) is 18.5 Å². The van der Waals surface area contributed by atoms with Crippen LogP contribution in [0.5, 0.6) is 0 Å². The zero-order valence-corrected chi connectivity index (χ0v) is 7.87. The lowest BCUT2D eigenvalue weighted by atomic mass is 10.1. The Balaban J connectivity index is 2.54.